The maximum atomic E-state index is 13.1. The van der Waals surface area contributed by atoms with Crippen molar-refractivity contribution < 1.29 is 9.52 Å². The molecule has 0 saturated carbocycles. The van der Waals surface area contributed by atoms with Gasteiger partial charge in [0.15, 0.2) is 0 Å². The van der Waals surface area contributed by atoms with Gasteiger partial charge in [-0.1, -0.05) is 42.5 Å². The van der Waals surface area contributed by atoms with Crippen LogP contribution in [0, 0.1) is 0 Å². The Hall–Kier alpha value is -4.07. The van der Waals surface area contributed by atoms with Gasteiger partial charge < -0.3 is 15.3 Å². The first-order chi connectivity index (χ1) is 14.3. The van der Waals surface area contributed by atoms with Crippen LogP contribution in [0.2, 0.25) is 0 Å². The van der Waals surface area contributed by atoms with Crippen molar-refractivity contribution in [2.75, 3.05) is 5.73 Å². The first kappa shape index (κ1) is 19.3. The number of hydrogen-bond acceptors (Lipinski definition) is 6. The zero-order valence-corrected chi connectivity index (χ0v) is 16.3. The van der Waals surface area contributed by atoms with Gasteiger partial charge >= 0.3 is 11.3 Å². The summed E-state index contributed by atoms with van der Waals surface area (Å²) in [5.41, 5.74) is 4.77. The number of hydrogen-bond donors (Lipinski definition) is 2. The van der Waals surface area contributed by atoms with E-state index in [1.165, 1.54) is 14.1 Å². The third kappa shape index (κ3) is 2.81. The molecule has 8 nitrogen and oxygen atoms in total. The third-order valence-corrected chi connectivity index (χ3v) is 5.28. The number of rotatable bonds is 3. The van der Waals surface area contributed by atoms with Gasteiger partial charge in [-0.25, -0.2) is 9.59 Å². The molecule has 1 atom stereocenters. The number of para-hydroxylation sites is 1. The Labute approximate surface area is 170 Å². The van der Waals surface area contributed by atoms with Crippen LogP contribution in [-0.2, 0) is 14.1 Å². The first-order valence-electron chi connectivity index (χ1n) is 9.18. The summed E-state index contributed by atoms with van der Waals surface area (Å²) in [5, 5.41) is 11.3. The minimum Gasteiger partial charge on any atom is -0.507 e. The van der Waals surface area contributed by atoms with Crippen molar-refractivity contribution in [3.8, 4) is 5.75 Å². The Balaban J connectivity index is 2.18. The lowest BCUT2D eigenvalue weighted by Gasteiger charge is -2.21. The molecule has 2 aromatic carbocycles. The summed E-state index contributed by atoms with van der Waals surface area (Å²) in [5.74, 6) is -1.44. The van der Waals surface area contributed by atoms with Crippen LogP contribution in [0.25, 0.3) is 11.0 Å². The number of aromatic hydroxyl groups is 1. The van der Waals surface area contributed by atoms with Crippen LogP contribution < -0.4 is 22.6 Å². The highest BCUT2D eigenvalue weighted by atomic mass is 16.4. The normalized spacial score (nSPS) is 12.2. The van der Waals surface area contributed by atoms with Gasteiger partial charge in [-0.15, -0.1) is 0 Å². The summed E-state index contributed by atoms with van der Waals surface area (Å²) in [6.07, 6.45) is 0. The lowest BCUT2D eigenvalue weighted by molar-refractivity contribution is 0.454. The monoisotopic (exact) mass is 405 g/mol. The summed E-state index contributed by atoms with van der Waals surface area (Å²) in [7, 11) is 2.77. The average molecular weight is 405 g/mol. The molecule has 0 bridgehead atoms. The molecular weight excluding hydrogens is 386 g/mol. The van der Waals surface area contributed by atoms with Crippen LogP contribution in [0.3, 0.4) is 0 Å². The fourth-order valence-electron chi connectivity index (χ4n) is 3.68. The maximum Gasteiger partial charge on any atom is 0.344 e. The van der Waals surface area contributed by atoms with Crippen molar-refractivity contribution in [3.63, 3.8) is 0 Å². The number of fused-ring (bicyclic) bond motifs is 1. The summed E-state index contributed by atoms with van der Waals surface area (Å²) >= 11 is 0. The molecule has 0 aliphatic rings. The molecule has 2 aromatic heterocycles. The lowest BCUT2D eigenvalue weighted by Crippen LogP contribution is -2.41. The lowest BCUT2D eigenvalue weighted by atomic mass is 9.85. The number of nitrogen functional groups attached to an aromatic ring is 1. The number of benzene rings is 2. The standard InChI is InChI=1S/C22H19N3O5/c1-24-19(23)17(20(27)25(2)22(24)29)15(12-8-4-3-5-9-12)16-18(26)13-10-6-7-11-14(13)30-21(16)28/h3-11,15,26H,23H2,1-2H3. The van der Waals surface area contributed by atoms with E-state index in [9.17, 15) is 19.5 Å². The fraction of sp³-hybridized carbons (Fsp3) is 0.136. The van der Waals surface area contributed by atoms with E-state index in [0.29, 0.717) is 10.9 Å². The van der Waals surface area contributed by atoms with Crippen LogP contribution in [0.5, 0.6) is 5.75 Å². The molecule has 8 heteroatoms. The molecule has 0 fully saturated rings. The van der Waals surface area contributed by atoms with Crippen LogP contribution in [-0.4, -0.2) is 14.2 Å². The van der Waals surface area contributed by atoms with E-state index in [0.717, 1.165) is 9.13 Å². The summed E-state index contributed by atoms with van der Waals surface area (Å²) in [6.45, 7) is 0. The van der Waals surface area contributed by atoms with Crippen LogP contribution in [0.15, 0.2) is 73.4 Å². The molecule has 3 N–H and O–H groups in total. The van der Waals surface area contributed by atoms with Crippen molar-refractivity contribution in [3.05, 3.63) is 103 Å². The third-order valence-electron chi connectivity index (χ3n) is 5.28. The molecule has 152 valence electrons. The zero-order valence-electron chi connectivity index (χ0n) is 16.3. The van der Waals surface area contributed by atoms with Gasteiger partial charge in [-0.05, 0) is 17.7 Å². The minimum absolute atomic E-state index is 0.00341. The van der Waals surface area contributed by atoms with Gasteiger partial charge in [-0.3, -0.25) is 13.9 Å². The average Bonchev–Trinajstić information content (AvgIpc) is 2.76. The molecule has 4 aromatic rings. The highest BCUT2D eigenvalue weighted by Gasteiger charge is 2.31. The van der Waals surface area contributed by atoms with Crippen LogP contribution in [0.4, 0.5) is 5.82 Å². The van der Waals surface area contributed by atoms with E-state index < -0.39 is 22.8 Å². The van der Waals surface area contributed by atoms with Crippen molar-refractivity contribution >= 4 is 16.8 Å². The highest BCUT2D eigenvalue weighted by Crippen LogP contribution is 2.38. The van der Waals surface area contributed by atoms with Gasteiger partial charge in [0.1, 0.15) is 17.2 Å². The topological polar surface area (TPSA) is 120 Å². The molecule has 30 heavy (non-hydrogen) atoms. The second-order valence-corrected chi connectivity index (χ2v) is 7.00. The van der Waals surface area contributed by atoms with Crippen LogP contribution >= 0.6 is 0 Å². The van der Waals surface area contributed by atoms with Crippen molar-refractivity contribution in [2.45, 2.75) is 5.92 Å². The number of nitrogens with two attached hydrogens (primary N) is 1. The SMILES string of the molecule is Cn1c(N)c(C(c2ccccc2)c2c(O)c3ccccc3oc2=O)c(=O)n(C)c1=O. The summed E-state index contributed by atoms with van der Waals surface area (Å²) in [4.78, 5) is 38.3. The molecule has 2 heterocycles. The summed E-state index contributed by atoms with van der Waals surface area (Å²) in [6, 6.07) is 15.2. The Kier molecular flexibility index (Phi) is 4.54. The molecule has 4 rings (SSSR count). The number of anilines is 1. The van der Waals surface area contributed by atoms with Crippen LogP contribution in [0.1, 0.15) is 22.6 Å². The Morgan fingerprint density at radius 2 is 1.53 bits per heavy atom. The molecule has 0 radical (unpaired) electrons. The number of nitrogens with zero attached hydrogens (tertiary/aromatic N) is 2. The van der Waals surface area contributed by atoms with E-state index in [-0.39, 0.29) is 28.3 Å². The fourth-order valence-corrected chi connectivity index (χ4v) is 3.68. The molecule has 0 aliphatic heterocycles. The van der Waals surface area contributed by atoms with E-state index in [1.807, 2.05) is 0 Å². The largest absolute Gasteiger partial charge is 0.507 e. The second kappa shape index (κ2) is 7.07. The highest BCUT2D eigenvalue weighted by molar-refractivity contribution is 5.84. The molecule has 0 saturated heterocycles. The smallest absolute Gasteiger partial charge is 0.344 e. The molecule has 0 amide bonds. The van der Waals surface area contributed by atoms with E-state index in [4.69, 9.17) is 10.2 Å². The maximum absolute atomic E-state index is 13.1. The second-order valence-electron chi connectivity index (χ2n) is 7.00. The molecule has 1 unspecified atom stereocenters. The van der Waals surface area contributed by atoms with Crippen molar-refractivity contribution in [1.29, 1.82) is 0 Å². The Bertz CT molecular complexity index is 1450. The molecule has 0 aliphatic carbocycles. The van der Waals surface area contributed by atoms with Crippen molar-refractivity contribution in [1.82, 2.24) is 9.13 Å². The van der Waals surface area contributed by atoms with Gasteiger partial charge in [0.05, 0.1) is 22.4 Å². The predicted octanol–water partition coefficient (Wildman–Crippen LogP) is 1.66. The van der Waals surface area contributed by atoms with Gasteiger partial charge in [0, 0.05) is 14.1 Å². The molecular formula is C22H19N3O5. The van der Waals surface area contributed by atoms with Crippen molar-refractivity contribution in [2.24, 2.45) is 14.1 Å². The van der Waals surface area contributed by atoms with Gasteiger partial charge in [0.25, 0.3) is 5.56 Å². The predicted molar refractivity (Wildman–Crippen MR) is 113 cm³/mol. The summed E-state index contributed by atoms with van der Waals surface area (Å²) < 4.78 is 7.48. The zero-order chi connectivity index (χ0) is 21.6. The quantitative estimate of drug-likeness (QED) is 0.500. The Morgan fingerprint density at radius 3 is 2.23 bits per heavy atom. The number of aromatic nitrogens is 2. The van der Waals surface area contributed by atoms with Gasteiger partial charge in [0.2, 0.25) is 0 Å². The van der Waals surface area contributed by atoms with E-state index >= 15 is 0 Å². The minimum atomic E-state index is -1.04. The van der Waals surface area contributed by atoms with E-state index in [1.54, 1.807) is 54.6 Å². The molecule has 0 spiro atoms. The first-order valence-corrected chi connectivity index (χ1v) is 9.18. The van der Waals surface area contributed by atoms with E-state index in [2.05, 4.69) is 0 Å². The Morgan fingerprint density at radius 1 is 0.900 bits per heavy atom. The van der Waals surface area contributed by atoms with Gasteiger partial charge in [-0.2, -0.15) is 0 Å².